The molecule has 30 heavy (non-hydrogen) atoms. The van der Waals surface area contributed by atoms with E-state index in [-0.39, 0.29) is 47.3 Å². The molecule has 1 aliphatic rings. The van der Waals surface area contributed by atoms with E-state index in [0.717, 1.165) is 6.07 Å². The first-order valence-electron chi connectivity index (χ1n) is 9.33. The number of carbonyl (C=O) groups is 1. The molecule has 1 heterocycles. The van der Waals surface area contributed by atoms with Crippen LogP contribution < -0.4 is 10.9 Å². The van der Waals surface area contributed by atoms with Crippen molar-refractivity contribution in [1.82, 2.24) is 9.88 Å². The van der Waals surface area contributed by atoms with Crippen LogP contribution in [-0.2, 0) is 12.6 Å². The van der Waals surface area contributed by atoms with Gasteiger partial charge in [0.2, 0.25) is 5.56 Å². The molecule has 1 aromatic carbocycles. The summed E-state index contributed by atoms with van der Waals surface area (Å²) in [7, 11) is 0. The molecule has 10 heteroatoms. The normalized spacial score (nSPS) is 15.9. The van der Waals surface area contributed by atoms with E-state index in [0.29, 0.717) is 6.07 Å². The predicted octanol–water partition coefficient (Wildman–Crippen LogP) is 5.36. The van der Waals surface area contributed by atoms with Gasteiger partial charge in [0.15, 0.2) is 0 Å². The molecule has 1 aromatic heterocycles. The van der Waals surface area contributed by atoms with Crippen molar-refractivity contribution in [1.29, 1.82) is 0 Å². The number of anilines is 1. The van der Waals surface area contributed by atoms with Crippen LogP contribution in [0.2, 0.25) is 5.02 Å². The number of hydrogen-bond acceptors (Lipinski definition) is 2. The third-order valence-corrected chi connectivity index (χ3v) is 5.13. The number of carbonyl (C=O) groups excluding carboxylic acids is 1. The average Bonchev–Trinajstić information content (AvgIpc) is 3.04. The Kier molecular flexibility index (Phi) is 6.12. The van der Waals surface area contributed by atoms with E-state index in [1.807, 2.05) is 13.8 Å². The third-order valence-electron chi connectivity index (χ3n) is 4.84. The van der Waals surface area contributed by atoms with Gasteiger partial charge in [-0.3, -0.25) is 4.79 Å². The van der Waals surface area contributed by atoms with Crippen LogP contribution >= 0.6 is 11.6 Å². The highest BCUT2D eigenvalue weighted by Gasteiger charge is 2.42. The highest BCUT2D eigenvalue weighted by Crippen LogP contribution is 2.43. The van der Waals surface area contributed by atoms with E-state index in [1.165, 1.54) is 17.0 Å². The molecule has 1 atom stereocenters. The maximum Gasteiger partial charge on any atom is 0.417 e. The summed E-state index contributed by atoms with van der Waals surface area (Å²) in [5, 5.41) is 2.39. The Labute approximate surface area is 175 Å². The molecule has 0 radical (unpaired) electrons. The summed E-state index contributed by atoms with van der Waals surface area (Å²) in [6, 6.07) is 2.65. The zero-order chi connectivity index (χ0) is 22.2. The molecule has 0 aliphatic heterocycles. The van der Waals surface area contributed by atoms with Crippen molar-refractivity contribution in [3.63, 3.8) is 0 Å². The first-order valence-corrected chi connectivity index (χ1v) is 9.71. The van der Waals surface area contributed by atoms with Gasteiger partial charge in [-0.2, -0.15) is 13.2 Å². The second kappa shape index (κ2) is 8.29. The van der Waals surface area contributed by atoms with Crippen molar-refractivity contribution >= 4 is 23.3 Å². The molecule has 0 saturated carbocycles. The highest BCUT2D eigenvalue weighted by atomic mass is 35.5. The molecule has 2 N–H and O–H groups in total. The molecule has 1 aliphatic carbocycles. The van der Waals surface area contributed by atoms with Crippen LogP contribution in [0.5, 0.6) is 0 Å². The van der Waals surface area contributed by atoms with Crippen molar-refractivity contribution in [2.75, 3.05) is 11.9 Å². The third kappa shape index (κ3) is 4.61. The molecule has 0 fully saturated rings. The lowest BCUT2D eigenvalue weighted by atomic mass is 10.0. The number of halogens is 5. The lowest BCUT2D eigenvalue weighted by molar-refractivity contribution is -0.138. The van der Waals surface area contributed by atoms with E-state index >= 15 is 0 Å². The Hall–Kier alpha value is -2.55. The number of hydrogen-bond donors (Lipinski definition) is 2. The van der Waals surface area contributed by atoms with Crippen molar-refractivity contribution < 1.29 is 22.4 Å². The molecule has 5 nitrogen and oxygen atoms in total. The summed E-state index contributed by atoms with van der Waals surface area (Å²) < 4.78 is 54.3. The molecule has 162 valence electrons. The number of urea groups is 1. The van der Waals surface area contributed by atoms with Crippen LogP contribution in [0.15, 0.2) is 29.1 Å². The van der Waals surface area contributed by atoms with Crippen LogP contribution in [0.25, 0.3) is 0 Å². The van der Waals surface area contributed by atoms with Crippen molar-refractivity contribution in [3.05, 3.63) is 62.3 Å². The van der Waals surface area contributed by atoms with E-state index in [9.17, 15) is 27.2 Å². The average molecular weight is 446 g/mol. The van der Waals surface area contributed by atoms with Gasteiger partial charge in [0.1, 0.15) is 5.82 Å². The number of pyridine rings is 1. The summed E-state index contributed by atoms with van der Waals surface area (Å²) in [6.45, 7) is 3.85. The zero-order valence-electron chi connectivity index (χ0n) is 16.2. The van der Waals surface area contributed by atoms with Gasteiger partial charge >= 0.3 is 12.2 Å². The molecule has 2 aromatic rings. The minimum absolute atomic E-state index is 0.0336. The van der Waals surface area contributed by atoms with E-state index in [4.69, 9.17) is 11.6 Å². The van der Waals surface area contributed by atoms with Gasteiger partial charge in [-0.05, 0) is 37.0 Å². The molecule has 3 rings (SSSR count). The van der Waals surface area contributed by atoms with E-state index < -0.39 is 35.2 Å². The smallest absolute Gasteiger partial charge is 0.326 e. The lowest BCUT2D eigenvalue weighted by Crippen LogP contribution is -2.40. The monoisotopic (exact) mass is 445 g/mol. The molecule has 2 amide bonds. The zero-order valence-corrected chi connectivity index (χ0v) is 17.0. The maximum absolute atomic E-state index is 13.6. The number of benzene rings is 1. The van der Waals surface area contributed by atoms with E-state index in [1.54, 1.807) is 0 Å². The first kappa shape index (κ1) is 22.1. The van der Waals surface area contributed by atoms with Gasteiger partial charge in [-0.1, -0.05) is 25.4 Å². The van der Waals surface area contributed by atoms with Crippen molar-refractivity contribution in [2.24, 2.45) is 5.92 Å². The number of nitrogens with one attached hydrogen (secondary N) is 2. The standard InChI is InChI=1S/C20H20ClF4N3O2/c1-10(2)9-28(19(30)26-11-3-4-14(22)13(21)7-11)16-6-5-15-18(16)12(20(23,24)25)8-17(29)27-15/h3-4,7-8,10,16H,5-6,9H2,1-2H3,(H,26,30)(H,27,29)/t16-/m1/s1. The number of aromatic amines is 1. The molecule has 0 saturated heterocycles. The number of fused-ring (bicyclic) bond motifs is 1. The van der Waals surface area contributed by atoms with Crippen LogP contribution in [0, 0.1) is 11.7 Å². The molecular formula is C20H20ClF4N3O2. The second-order valence-corrected chi connectivity index (χ2v) is 8.00. The quantitative estimate of drug-likeness (QED) is 0.622. The summed E-state index contributed by atoms with van der Waals surface area (Å²) in [5.41, 5.74) is -1.55. The largest absolute Gasteiger partial charge is 0.417 e. The maximum atomic E-state index is 13.6. The van der Waals surface area contributed by atoms with Crippen molar-refractivity contribution in [3.8, 4) is 0 Å². The Morgan fingerprint density at radius 1 is 1.33 bits per heavy atom. The summed E-state index contributed by atoms with van der Waals surface area (Å²) in [5.74, 6) is -0.689. The highest BCUT2D eigenvalue weighted by molar-refractivity contribution is 6.31. The first-order chi connectivity index (χ1) is 14.0. The Bertz CT molecular complexity index is 1020. The molecule has 0 bridgehead atoms. The van der Waals surface area contributed by atoms with Crippen LogP contribution in [0.3, 0.4) is 0 Å². The second-order valence-electron chi connectivity index (χ2n) is 7.60. The van der Waals surface area contributed by atoms with Gasteiger partial charge < -0.3 is 15.2 Å². The predicted molar refractivity (Wildman–Crippen MR) is 105 cm³/mol. The number of rotatable bonds is 4. The number of alkyl halides is 3. The topological polar surface area (TPSA) is 65.2 Å². The SMILES string of the molecule is CC(C)CN(C(=O)Nc1ccc(F)c(Cl)c1)[C@@H]1CCc2[nH]c(=O)cc(C(F)(F)F)c21. The van der Waals surface area contributed by atoms with Gasteiger partial charge in [0.05, 0.1) is 16.6 Å². The minimum Gasteiger partial charge on any atom is -0.326 e. The summed E-state index contributed by atoms with van der Waals surface area (Å²) >= 11 is 5.74. The Balaban J connectivity index is 1.99. The van der Waals surface area contributed by atoms with Gasteiger partial charge in [-0.15, -0.1) is 0 Å². The fourth-order valence-electron chi connectivity index (χ4n) is 3.69. The molecule has 0 spiro atoms. The number of H-pyrrole nitrogens is 1. The molecule has 0 unspecified atom stereocenters. The van der Waals surface area contributed by atoms with Crippen molar-refractivity contribution in [2.45, 2.75) is 38.9 Å². The molecular weight excluding hydrogens is 426 g/mol. The summed E-state index contributed by atoms with van der Waals surface area (Å²) in [6.07, 6.45) is -4.28. The fraction of sp³-hybridized carbons (Fsp3) is 0.400. The van der Waals surface area contributed by atoms with Gasteiger partial charge in [0.25, 0.3) is 0 Å². The number of nitrogens with zero attached hydrogens (tertiary/aromatic N) is 1. The van der Waals surface area contributed by atoms with E-state index in [2.05, 4.69) is 10.3 Å². The summed E-state index contributed by atoms with van der Waals surface area (Å²) in [4.78, 5) is 28.5. The lowest BCUT2D eigenvalue weighted by Gasteiger charge is -2.32. The Morgan fingerprint density at radius 3 is 2.63 bits per heavy atom. The van der Waals surface area contributed by atoms with Crippen LogP contribution in [-0.4, -0.2) is 22.5 Å². The number of aromatic nitrogens is 1. The fourth-order valence-corrected chi connectivity index (χ4v) is 3.87. The van der Waals surface area contributed by atoms with Gasteiger partial charge in [-0.25, -0.2) is 9.18 Å². The van der Waals surface area contributed by atoms with Gasteiger partial charge in [0, 0.05) is 29.6 Å². The Morgan fingerprint density at radius 2 is 2.03 bits per heavy atom. The minimum atomic E-state index is -4.73. The van der Waals surface area contributed by atoms with Crippen LogP contribution in [0.1, 0.15) is 43.1 Å². The number of amides is 2. The van der Waals surface area contributed by atoms with Crippen LogP contribution in [0.4, 0.5) is 28.0 Å². The number of aryl methyl sites for hydroxylation is 1.